The van der Waals surface area contributed by atoms with Crippen LogP contribution in [-0.2, 0) is 39.3 Å². The molecule has 3 saturated heterocycles. The monoisotopic (exact) mass is 1370 g/mol. The van der Waals surface area contributed by atoms with Crippen molar-refractivity contribution in [1.29, 1.82) is 0 Å². The molecular weight excluding hydrogens is 1280 g/mol. The number of likely N-dealkylation sites (tertiary alicyclic amines) is 3. The van der Waals surface area contributed by atoms with Crippen LogP contribution in [0.3, 0.4) is 0 Å². The summed E-state index contributed by atoms with van der Waals surface area (Å²) in [7, 11) is 0. The van der Waals surface area contributed by atoms with Crippen LogP contribution >= 0.6 is 15.9 Å². The Kier molecular flexibility index (Phi) is 25.5. The number of aryl methyl sites for hydroxylation is 3. The van der Waals surface area contributed by atoms with E-state index in [2.05, 4.69) is 107 Å². The topological polar surface area (TPSA) is 155 Å². The van der Waals surface area contributed by atoms with Crippen molar-refractivity contribution in [1.82, 2.24) is 29.4 Å². The number of halogens is 3. The number of rotatable bonds is 20. The van der Waals surface area contributed by atoms with E-state index in [0.29, 0.717) is 36.9 Å². The van der Waals surface area contributed by atoms with Crippen LogP contribution in [0.2, 0.25) is 0 Å². The summed E-state index contributed by atoms with van der Waals surface area (Å²) in [5, 5.41) is 8.69. The molecule has 0 saturated carbocycles. The number of ether oxygens (including phenoxy) is 1. The van der Waals surface area contributed by atoms with Crippen molar-refractivity contribution in [2.24, 2.45) is 0 Å². The number of benzene rings is 6. The number of hydrogen-bond donors (Lipinski definition) is 3. The molecule has 3 aromatic heterocycles. The summed E-state index contributed by atoms with van der Waals surface area (Å²) in [4.78, 5) is 52.7. The highest BCUT2D eigenvalue weighted by Gasteiger charge is 2.33. The standard InChI is InChI=1S/C27H33N3O3.C25H28BrN3O2.C25H27F2N3O2/c1-3-32-26-12-8-7-11-25(26)28-27(31)30(20-24-14-13-21(2)33-24)23-15-17-29(18-16-23)19-22-9-5-4-6-10-22;1-19-11-12-22(31-19)18-29(25(30)27-24-10-6-5-9-23(24)26)21-13-15-28(16-14-21)17-20-7-3-2-4-8-20;1-18-7-9-22(32-18)17-30(25(31)28-24-15-20(26)8-10-23(24)27)21-11-13-29(14-12-21)16-19-5-3-2-4-6-19/h4-14,23H,3,15-20H2,1-2H3,(H,28,31);2-12,21H,13-18H2,1H3,(H,27,30);2-10,15,21H,11-14,16-17H2,1H3,(H,28,31). The van der Waals surface area contributed by atoms with E-state index in [1.807, 2.05) is 153 Å². The zero-order chi connectivity index (χ0) is 67.2. The molecule has 0 aliphatic carbocycles. The number of piperidine rings is 3. The minimum Gasteiger partial charge on any atom is -0.492 e. The minimum absolute atomic E-state index is 0.0379. The smallest absolute Gasteiger partial charge is 0.322 e. The van der Waals surface area contributed by atoms with Gasteiger partial charge < -0.3 is 48.6 Å². The molecule has 0 bridgehead atoms. The Balaban J connectivity index is 0.000000157. The molecule has 504 valence electrons. The Labute approximate surface area is 571 Å². The van der Waals surface area contributed by atoms with E-state index in [4.69, 9.17) is 18.0 Å². The lowest BCUT2D eigenvalue weighted by atomic mass is 10.0. The summed E-state index contributed by atoms with van der Waals surface area (Å²) >= 11 is 3.52. The minimum atomic E-state index is -0.675. The highest BCUT2D eigenvalue weighted by molar-refractivity contribution is 9.10. The van der Waals surface area contributed by atoms with Gasteiger partial charge in [0, 0.05) is 87.6 Å². The lowest BCUT2D eigenvalue weighted by Gasteiger charge is -2.38. The van der Waals surface area contributed by atoms with Crippen LogP contribution in [0.15, 0.2) is 212 Å². The van der Waals surface area contributed by atoms with Gasteiger partial charge in [0.2, 0.25) is 0 Å². The van der Waals surface area contributed by atoms with Gasteiger partial charge in [-0.25, -0.2) is 23.2 Å². The Morgan fingerprint density at radius 2 is 0.792 bits per heavy atom. The van der Waals surface area contributed by atoms with Gasteiger partial charge in [-0.2, -0.15) is 0 Å². The van der Waals surface area contributed by atoms with Gasteiger partial charge in [0.15, 0.2) is 0 Å². The molecular formula is C77H88BrF2N9O7. The molecule has 3 aliphatic rings. The van der Waals surface area contributed by atoms with E-state index in [1.165, 1.54) is 16.7 Å². The average Bonchev–Trinajstić information content (AvgIpc) is 1.19. The molecule has 9 aromatic rings. The summed E-state index contributed by atoms with van der Waals surface area (Å²) < 4.78 is 51.5. The van der Waals surface area contributed by atoms with Crippen molar-refractivity contribution in [3.05, 3.63) is 261 Å². The van der Waals surface area contributed by atoms with Crippen LogP contribution in [0.1, 0.15) is 96.7 Å². The van der Waals surface area contributed by atoms with Gasteiger partial charge in [-0.1, -0.05) is 115 Å². The van der Waals surface area contributed by atoms with Crippen LogP contribution in [-0.4, -0.2) is 111 Å². The highest BCUT2D eigenvalue weighted by atomic mass is 79.9. The molecule has 3 aliphatic heterocycles. The maximum absolute atomic E-state index is 14.1. The SMILES string of the molecule is CCOc1ccccc1NC(=O)N(Cc1ccc(C)o1)C1CCN(Cc2ccccc2)CC1.Cc1ccc(CN(C(=O)Nc2cc(F)ccc2F)C2CCN(Cc3ccccc3)CC2)o1.Cc1ccc(CN(C(=O)Nc2ccccc2Br)C2CCN(Cc3ccccc3)CC2)o1. The fourth-order valence-corrected chi connectivity index (χ4v) is 13.0. The number of carbonyl (C=O) groups is 3. The second-order valence-electron chi connectivity index (χ2n) is 24.7. The zero-order valence-corrected chi connectivity index (χ0v) is 56.9. The summed E-state index contributed by atoms with van der Waals surface area (Å²) in [5.74, 6) is 4.14. The van der Waals surface area contributed by atoms with Crippen molar-refractivity contribution in [3.8, 4) is 5.75 Å². The Bertz CT molecular complexity index is 3870. The van der Waals surface area contributed by atoms with E-state index >= 15 is 0 Å². The molecule has 19 heteroatoms. The average molecular weight is 1370 g/mol. The molecule has 0 unspecified atom stereocenters. The maximum Gasteiger partial charge on any atom is 0.322 e. The van der Waals surface area contributed by atoms with Gasteiger partial charge in [0.25, 0.3) is 0 Å². The third-order valence-electron chi connectivity index (χ3n) is 17.6. The third kappa shape index (κ3) is 20.7. The first kappa shape index (κ1) is 69.8. The number of carbonyl (C=O) groups excluding carboxylic acids is 3. The molecule has 6 heterocycles. The van der Waals surface area contributed by atoms with Gasteiger partial charge in [-0.3, -0.25) is 14.7 Å². The lowest BCUT2D eigenvalue weighted by molar-refractivity contribution is 0.115. The first-order valence-corrected chi connectivity index (χ1v) is 34.1. The molecule has 96 heavy (non-hydrogen) atoms. The number of amides is 6. The lowest BCUT2D eigenvalue weighted by Crippen LogP contribution is -2.48. The Morgan fingerprint density at radius 3 is 1.16 bits per heavy atom. The number of urea groups is 3. The maximum atomic E-state index is 14.1. The molecule has 12 rings (SSSR count). The van der Waals surface area contributed by atoms with E-state index in [-0.39, 0.29) is 42.4 Å². The number of nitrogens with zero attached hydrogens (tertiary/aromatic N) is 6. The van der Waals surface area contributed by atoms with Crippen molar-refractivity contribution in [2.75, 3.05) is 61.8 Å². The van der Waals surface area contributed by atoms with Crippen LogP contribution in [0.25, 0.3) is 0 Å². The molecule has 0 radical (unpaired) electrons. The fourth-order valence-electron chi connectivity index (χ4n) is 12.6. The van der Waals surface area contributed by atoms with Crippen LogP contribution in [0.4, 0.5) is 40.2 Å². The normalized spacial score (nSPS) is 14.9. The quantitative estimate of drug-likeness (QED) is 0.0671. The highest BCUT2D eigenvalue weighted by Crippen LogP contribution is 2.30. The van der Waals surface area contributed by atoms with E-state index < -0.39 is 17.7 Å². The molecule has 6 amide bonds. The first-order chi connectivity index (χ1) is 46.7. The Hall–Kier alpha value is -9.01. The summed E-state index contributed by atoms with van der Waals surface area (Å²) in [5.41, 5.74) is 5.20. The second kappa shape index (κ2) is 35.1. The molecule has 3 fully saturated rings. The van der Waals surface area contributed by atoms with Crippen molar-refractivity contribution >= 4 is 51.1 Å². The number of furan rings is 3. The number of para-hydroxylation sites is 3. The fraction of sp³-hybridized carbons (Fsp3) is 0.338. The number of hydrogen-bond acceptors (Lipinski definition) is 10. The largest absolute Gasteiger partial charge is 0.492 e. The van der Waals surface area contributed by atoms with Gasteiger partial charge in [-0.05, 0) is 172 Å². The van der Waals surface area contributed by atoms with Crippen molar-refractivity contribution in [2.45, 2.75) is 124 Å². The summed E-state index contributed by atoms with van der Waals surface area (Å²) in [6.07, 6.45) is 5.29. The molecule has 0 spiro atoms. The second-order valence-corrected chi connectivity index (χ2v) is 25.6. The first-order valence-electron chi connectivity index (χ1n) is 33.3. The predicted octanol–water partition coefficient (Wildman–Crippen LogP) is 17.3. The van der Waals surface area contributed by atoms with Gasteiger partial charge in [0.05, 0.1) is 43.3 Å². The van der Waals surface area contributed by atoms with Crippen LogP contribution in [0.5, 0.6) is 5.75 Å². The Morgan fingerprint density at radius 1 is 0.448 bits per heavy atom. The van der Waals surface area contributed by atoms with Crippen molar-refractivity contribution < 1.29 is 41.2 Å². The molecule has 16 nitrogen and oxygen atoms in total. The number of anilines is 3. The van der Waals surface area contributed by atoms with E-state index in [1.54, 1.807) is 4.90 Å². The predicted molar refractivity (Wildman–Crippen MR) is 376 cm³/mol. The van der Waals surface area contributed by atoms with Crippen LogP contribution in [0, 0.1) is 32.4 Å². The van der Waals surface area contributed by atoms with Gasteiger partial charge in [0.1, 0.15) is 51.9 Å². The van der Waals surface area contributed by atoms with Gasteiger partial charge in [-0.15, -0.1) is 0 Å². The van der Waals surface area contributed by atoms with E-state index in [9.17, 15) is 23.2 Å². The van der Waals surface area contributed by atoms with E-state index in [0.717, 1.165) is 155 Å². The molecule has 6 aromatic carbocycles. The molecule has 3 N–H and O–H groups in total. The number of nitrogens with one attached hydrogen (secondary N) is 3. The van der Waals surface area contributed by atoms with Crippen LogP contribution < -0.4 is 20.7 Å². The third-order valence-corrected chi connectivity index (χ3v) is 18.3. The summed E-state index contributed by atoms with van der Waals surface area (Å²) in [6, 6.07) is 60.7. The van der Waals surface area contributed by atoms with Crippen molar-refractivity contribution in [3.63, 3.8) is 0 Å². The summed E-state index contributed by atoms with van der Waals surface area (Å²) in [6.45, 7) is 17.6. The molecule has 0 atom stereocenters. The zero-order valence-electron chi connectivity index (χ0n) is 55.3. The van der Waals surface area contributed by atoms with Gasteiger partial charge >= 0.3 is 18.1 Å².